The third kappa shape index (κ3) is 5.40. The summed E-state index contributed by atoms with van der Waals surface area (Å²) in [4.78, 5) is 47.5. The first kappa shape index (κ1) is 25.7. The fourth-order valence-electron chi connectivity index (χ4n) is 4.44. The molecule has 1 saturated heterocycles. The predicted octanol–water partition coefficient (Wildman–Crippen LogP) is 3.86. The van der Waals surface area contributed by atoms with Crippen LogP contribution in [-0.4, -0.2) is 55.8 Å². The molecule has 1 unspecified atom stereocenters. The monoisotopic (exact) mass is 506 g/mol. The number of imidazole rings is 1. The molecule has 1 aliphatic rings. The van der Waals surface area contributed by atoms with Gasteiger partial charge in [-0.1, -0.05) is 19.1 Å². The highest BCUT2D eigenvalue weighted by molar-refractivity contribution is 6.04. The molecule has 194 valence electrons. The summed E-state index contributed by atoms with van der Waals surface area (Å²) >= 11 is 0. The number of hydrogen-bond acceptors (Lipinski definition) is 7. The van der Waals surface area contributed by atoms with Gasteiger partial charge in [0.15, 0.2) is 11.5 Å². The number of nitrogen functional groups attached to an aromatic ring is 1. The van der Waals surface area contributed by atoms with Crippen LogP contribution in [0.2, 0.25) is 0 Å². The van der Waals surface area contributed by atoms with Gasteiger partial charge in [-0.2, -0.15) is 0 Å². The van der Waals surface area contributed by atoms with E-state index in [1.165, 1.54) is 4.90 Å². The number of pyridine rings is 1. The van der Waals surface area contributed by atoms with Crippen molar-refractivity contribution in [1.82, 2.24) is 19.5 Å². The molecule has 1 atom stereocenters. The molecule has 4 rings (SSSR count). The maximum atomic E-state index is 12.8. The second-order valence-corrected chi connectivity index (χ2v) is 8.68. The van der Waals surface area contributed by atoms with Crippen LogP contribution in [0.1, 0.15) is 71.4 Å². The highest BCUT2D eigenvalue weighted by atomic mass is 16.5. The molecule has 1 fully saturated rings. The lowest BCUT2D eigenvalue weighted by Gasteiger charge is -2.32. The summed E-state index contributed by atoms with van der Waals surface area (Å²) in [6.45, 7) is 4.19. The zero-order chi connectivity index (χ0) is 26.5. The molecule has 0 spiro atoms. The zero-order valence-corrected chi connectivity index (χ0v) is 20.8. The van der Waals surface area contributed by atoms with Crippen LogP contribution >= 0.6 is 0 Å². The van der Waals surface area contributed by atoms with Gasteiger partial charge >= 0.3 is 12.1 Å². The summed E-state index contributed by atoms with van der Waals surface area (Å²) in [5, 5.41) is 12.5. The molecule has 11 heteroatoms. The number of ether oxygens (including phenoxy) is 1. The van der Waals surface area contributed by atoms with Crippen LogP contribution in [0.25, 0.3) is 11.3 Å². The Morgan fingerprint density at radius 3 is 2.59 bits per heavy atom. The number of piperidine rings is 1. The van der Waals surface area contributed by atoms with Gasteiger partial charge in [-0.25, -0.2) is 24.2 Å². The van der Waals surface area contributed by atoms with Crippen molar-refractivity contribution in [2.45, 2.75) is 45.6 Å². The van der Waals surface area contributed by atoms with Crippen LogP contribution in [0.15, 0.2) is 42.6 Å². The largest absolute Gasteiger partial charge is 0.465 e. The minimum atomic E-state index is -1.07. The molecule has 2 aromatic heterocycles. The van der Waals surface area contributed by atoms with Gasteiger partial charge in [-0.05, 0) is 62.4 Å². The number of anilines is 1. The molecule has 0 bridgehead atoms. The third-order valence-electron chi connectivity index (χ3n) is 6.35. The highest BCUT2D eigenvalue weighted by Crippen LogP contribution is 2.34. The molecule has 11 nitrogen and oxygen atoms in total. The van der Waals surface area contributed by atoms with Crippen LogP contribution in [-0.2, 0) is 11.2 Å². The van der Waals surface area contributed by atoms with Gasteiger partial charge in [0.05, 0.1) is 12.6 Å². The van der Waals surface area contributed by atoms with Crippen molar-refractivity contribution >= 4 is 23.8 Å². The molecule has 1 aliphatic heterocycles. The quantitative estimate of drug-likeness (QED) is 0.323. The SMILES string of the molecule is CCOC(=O)c1c(-c2ccc(C(=O)Nc3cc(CC)ccn3)cc2)nc(C2CCCCN2C(=O)O)n1N. The molecular formula is C26H30N6O5. The van der Waals surface area contributed by atoms with Gasteiger partial charge in [0, 0.05) is 23.9 Å². The van der Waals surface area contributed by atoms with E-state index in [0.717, 1.165) is 29.5 Å². The number of hydrogen-bond donors (Lipinski definition) is 3. The van der Waals surface area contributed by atoms with Gasteiger partial charge in [0.25, 0.3) is 5.91 Å². The maximum Gasteiger partial charge on any atom is 0.407 e. The second kappa shape index (κ2) is 11.1. The molecule has 4 N–H and O–H groups in total. The van der Waals surface area contributed by atoms with Crippen molar-refractivity contribution in [3.63, 3.8) is 0 Å². The van der Waals surface area contributed by atoms with E-state index in [1.54, 1.807) is 37.4 Å². The van der Waals surface area contributed by atoms with Crippen molar-refractivity contribution in [3.8, 4) is 11.3 Å². The lowest BCUT2D eigenvalue weighted by molar-refractivity contribution is 0.0516. The van der Waals surface area contributed by atoms with Crippen molar-refractivity contribution < 1.29 is 24.2 Å². The Morgan fingerprint density at radius 2 is 1.92 bits per heavy atom. The third-order valence-corrected chi connectivity index (χ3v) is 6.35. The van der Waals surface area contributed by atoms with E-state index in [9.17, 15) is 19.5 Å². The Labute approximate surface area is 214 Å². The van der Waals surface area contributed by atoms with Crippen LogP contribution in [0, 0.1) is 0 Å². The Hall–Kier alpha value is -4.41. The Bertz CT molecular complexity index is 1300. The molecule has 37 heavy (non-hydrogen) atoms. The molecular weight excluding hydrogens is 476 g/mol. The molecule has 1 aromatic carbocycles. The van der Waals surface area contributed by atoms with Crippen LogP contribution in [0.4, 0.5) is 10.6 Å². The van der Waals surface area contributed by atoms with E-state index < -0.39 is 18.1 Å². The van der Waals surface area contributed by atoms with Gasteiger partial charge in [0.1, 0.15) is 11.5 Å². The van der Waals surface area contributed by atoms with E-state index in [0.29, 0.717) is 29.9 Å². The highest BCUT2D eigenvalue weighted by Gasteiger charge is 2.34. The van der Waals surface area contributed by atoms with Gasteiger partial charge in [-0.15, -0.1) is 0 Å². The minimum Gasteiger partial charge on any atom is -0.465 e. The number of esters is 1. The van der Waals surface area contributed by atoms with Crippen molar-refractivity contribution in [3.05, 3.63) is 65.2 Å². The number of nitrogens with two attached hydrogens (primary N) is 1. The standard InChI is InChI=1S/C26H30N6O5/c1-3-16-12-13-28-20(15-16)29-24(33)18-10-8-17(9-11-18)21-22(25(34)37-4-2)32(27)23(30-21)19-7-5-6-14-31(19)26(35)36/h8-13,15,19H,3-7,14,27H2,1-2H3,(H,35,36)(H,28,29,33). The van der Waals surface area contributed by atoms with E-state index in [4.69, 9.17) is 10.6 Å². The second-order valence-electron chi connectivity index (χ2n) is 8.68. The number of aryl methyl sites for hydroxylation is 1. The summed E-state index contributed by atoms with van der Waals surface area (Å²) < 4.78 is 6.34. The average molecular weight is 507 g/mol. The maximum absolute atomic E-state index is 12.8. The zero-order valence-electron chi connectivity index (χ0n) is 20.8. The first-order valence-corrected chi connectivity index (χ1v) is 12.2. The molecule has 0 radical (unpaired) electrons. The average Bonchev–Trinajstić information content (AvgIpc) is 3.25. The number of rotatable bonds is 7. The molecule has 3 aromatic rings. The van der Waals surface area contributed by atoms with Crippen LogP contribution in [0.5, 0.6) is 0 Å². The van der Waals surface area contributed by atoms with Crippen LogP contribution < -0.4 is 11.2 Å². The number of carbonyl (C=O) groups excluding carboxylic acids is 2. The van der Waals surface area contributed by atoms with Crippen molar-refractivity contribution in [2.24, 2.45) is 0 Å². The summed E-state index contributed by atoms with van der Waals surface area (Å²) in [5.41, 5.74) is 2.26. The fourth-order valence-corrected chi connectivity index (χ4v) is 4.44. The first-order valence-electron chi connectivity index (χ1n) is 12.2. The Balaban J connectivity index is 1.66. The predicted molar refractivity (Wildman–Crippen MR) is 137 cm³/mol. The number of nitrogens with zero attached hydrogens (tertiary/aromatic N) is 4. The topological polar surface area (TPSA) is 153 Å². The van der Waals surface area contributed by atoms with Gasteiger partial charge in [-0.3, -0.25) is 9.69 Å². The Morgan fingerprint density at radius 1 is 1.16 bits per heavy atom. The van der Waals surface area contributed by atoms with E-state index >= 15 is 0 Å². The smallest absolute Gasteiger partial charge is 0.407 e. The number of carboxylic acid groups (broad SMARTS) is 1. The Kier molecular flexibility index (Phi) is 7.71. The molecule has 0 aliphatic carbocycles. The van der Waals surface area contributed by atoms with Gasteiger partial charge < -0.3 is 21.0 Å². The number of nitrogens with one attached hydrogen (secondary N) is 1. The number of likely N-dealkylation sites (tertiary alicyclic amines) is 1. The molecule has 3 heterocycles. The fraction of sp³-hybridized carbons (Fsp3) is 0.346. The number of carbonyl (C=O) groups is 3. The summed E-state index contributed by atoms with van der Waals surface area (Å²) in [7, 11) is 0. The van der Waals surface area contributed by atoms with Crippen molar-refractivity contribution in [1.29, 1.82) is 0 Å². The summed E-state index contributed by atoms with van der Waals surface area (Å²) in [6, 6.07) is 9.67. The van der Waals surface area contributed by atoms with Gasteiger partial charge in [0.2, 0.25) is 0 Å². The molecule has 0 saturated carbocycles. The van der Waals surface area contributed by atoms with Crippen molar-refractivity contribution in [2.75, 3.05) is 24.3 Å². The van der Waals surface area contributed by atoms with E-state index in [-0.39, 0.29) is 29.7 Å². The molecule has 2 amide bonds. The summed E-state index contributed by atoms with van der Waals surface area (Å²) in [6.07, 6.45) is 3.49. The lowest BCUT2D eigenvalue weighted by atomic mass is 10.0. The minimum absolute atomic E-state index is 0.0190. The van der Waals surface area contributed by atoms with Crippen LogP contribution in [0.3, 0.4) is 0 Å². The lowest BCUT2D eigenvalue weighted by Crippen LogP contribution is -2.39. The number of aromatic nitrogens is 3. The normalized spacial score (nSPS) is 15.3. The first-order chi connectivity index (χ1) is 17.8. The number of benzene rings is 1. The van der Waals surface area contributed by atoms with E-state index in [2.05, 4.69) is 15.3 Å². The summed E-state index contributed by atoms with van der Waals surface area (Å²) in [5.74, 6) is 6.04. The van der Waals surface area contributed by atoms with E-state index in [1.807, 2.05) is 19.1 Å². The number of amides is 2.